The standard InChI is InChI=1S/C43H50NOSi/c1-31(32-24-25-38-39(29-32)43(7,8)27-26-42(38,5)6)22-23-35(30-44)33-16-15-17-34(28-33)40(41(2,3)4)45-46(36-18-11-9-12-19-36)37-20-13-10-14-21-37/h9-22,24-25,28-29,35,40H,23,26-27H2,1-8H3/b31-22+. The van der Waals surface area contributed by atoms with Crippen molar-refractivity contribution in [3.63, 3.8) is 0 Å². The molecule has 0 spiro atoms. The average molecular weight is 625 g/mol. The summed E-state index contributed by atoms with van der Waals surface area (Å²) in [5, 5.41) is 12.8. The summed E-state index contributed by atoms with van der Waals surface area (Å²) in [6.07, 6.45) is 5.20. The second-order valence-electron chi connectivity index (χ2n) is 15.4. The smallest absolute Gasteiger partial charge is 0.283 e. The second kappa shape index (κ2) is 13.6. The van der Waals surface area contributed by atoms with Crippen LogP contribution >= 0.6 is 0 Å². The van der Waals surface area contributed by atoms with Crippen LogP contribution in [0, 0.1) is 16.7 Å². The van der Waals surface area contributed by atoms with Crippen LogP contribution in [0.25, 0.3) is 5.57 Å². The van der Waals surface area contributed by atoms with Crippen LogP contribution in [0.15, 0.2) is 109 Å². The number of hydrogen-bond donors (Lipinski definition) is 0. The fourth-order valence-electron chi connectivity index (χ4n) is 6.79. The molecule has 0 bridgehead atoms. The molecule has 0 amide bonds. The predicted octanol–water partition coefficient (Wildman–Crippen LogP) is 10.0. The summed E-state index contributed by atoms with van der Waals surface area (Å²) in [6, 6.07) is 39.5. The maximum atomic E-state index is 10.4. The van der Waals surface area contributed by atoms with E-state index in [1.54, 1.807) is 0 Å². The van der Waals surface area contributed by atoms with E-state index in [0.717, 1.165) is 11.1 Å². The van der Waals surface area contributed by atoms with E-state index < -0.39 is 9.04 Å². The Morgan fingerprint density at radius 3 is 1.91 bits per heavy atom. The highest BCUT2D eigenvalue weighted by molar-refractivity contribution is 6.80. The number of hydrogen-bond acceptors (Lipinski definition) is 2. The maximum absolute atomic E-state index is 10.4. The molecule has 0 fully saturated rings. The van der Waals surface area contributed by atoms with Crippen LogP contribution in [0.3, 0.4) is 0 Å². The van der Waals surface area contributed by atoms with Crippen molar-refractivity contribution in [3.05, 3.63) is 137 Å². The summed E-state index contributed by atoms with van der Waals surface area (Å²) >= 11 is 0. The third kappa shape index (κ3) is 7.46. The van der Waals surface area contributed by atoms with Gasteiger partial charge in [0, 0.05) is 0 Å². The van der Waals surface area contributed by atoms with Crippen molar-refractivity contribution in [2.75, 3.05) is 0 Å². The zero-order valence-electron chi connectivity index (χ0n) is 29.0. The van der Waals surface area contributed by atoms with E-state index in [-0.39, 0.29) is 28.3 Å². The van der Waals surface area contributed by atoms with E-state index in [1.807, 2.05) is 0 Å². The number of rotatable bonds is 9. The van der Waals surface area contributed by atoms with Gasteiger partial charge in [-0.15, -0.1) is 0 Å². The predicted molar refractivity (Wildman–Crippen MR) is 196 cm³/mol. The molecule has 2 nitrogen and oxygen atoms in total. The molecule has 0 heterocycles. The van der Waals surface area contributed by atoms with E-state index in [9.17, 15) is 5.26 Å². The molecule has 0 aliphatic heterocycles. The number of benzene rings is 4. The van der Waals surface area contributed by atoms with Crippen LogP contribution < -0.4 is 10.4 Å². The molecule has 0 saturated carbocycles. The summed E-state index contributed by atoms with van der Waals surface area (Å²) in [7, 11) is -1.51. The Labute approximate surface area is 279 Å². The number of nitrogens with zero attached hydrogens (tertiary/aromatic N) is 1. The molecule has 2 atom stereocenters. The van der Waals surface area contributed by atoms with Crippen LogP contribution in [-0.2, 0) is 15.3 Å². The summed E-state index contributed by atoms with van der Waals surface area (Å²) in [6.45, 7) is 18.4. The summed E-state index contributed by atoms with van der Waals surface area (Å²) in [4.78, 5) is 0. The average Bonchev–Trinajstić information content (AvgIpc) is 3.04. The molecule has 0 N–H and O–H groups in total. The van der Waals surface area contributed by atoms with E-state index in [0.29, 0.717) is 6.42 Å². The molecule has 1 aliphatic carbocycles. The highest BCUT2D eigenvalue weighted by atomic mass is 28.3. The molecule has 4 aromatic rings. The second-order valence-corrected chi connectivity index (χ2v) is 17.5. The first-order valence-electron chi connectivity index (χ1n) is 16.8. The van der Waals surface area contributed by atoms with Gasteiger partial charge >= 0.3 is 0 Å². The molecule has 0 saturated heterocycles. The van der Waals surface area contributed by atoms with E-state index >= 15 is 0 Å². The third-order valence-corrected chi connectivity index (χ3v) is 12.0. The van der Waals surface area contributed by atoms with E-state index in [1.165, 1.54) is 45.5 Å². The molecule has 5 rings (SSSR count). The molecule has 0 aromatic heterocycles. The van der Waals surface area contributed by atoms with Gasteiger partial charge in [-0.2, -0.15) is 5.26 Å². The Balaban J connectivity index is 1.42. The molecule has 3 heteroatoms. The van der Waals surface area contributed by atoms with E-state index in [2.05, 4.69) is 171 Å². The van der Waals surface area contributed by atoms with Gasteiger partial charge in [0.15, 0.2) is 0 Å². The molecular weight excluding hydrogens is 575 g/mol. The van der Waals surface area contributed by atoms with Crippen LogP contribution in [0.2, 0.25) is 0 Å². The lowest BCUT2D eigenvalue weighted by atomic mass is 9.63. The number of nitriles is 1. The zero-order valence-corrected chi connectivity index (χ0v) is 30.0. The third-order valence-electron chi connectivity index (χ3n) is 9.83. The van der Waals surface area contributed by atoms with Crippen LogP contribution in [0.4, 0.5) is 0 Å². The van der Waals surface area contributed by atoms with E-state index in [4.69, 9.17) is 4.43 Å². The molecule has 2 unspecified atom stereocenters. The molecule has 1 aliphatic rings. The SMILES string of the molecule is C/C(=C\CC(C#N)c1cccc(C(O[Si](c2ccccc2)c2ccccc2)C(C)(C)C)c1)c1ccc2c(c1)C(C)(C)CCC2(C)C. The van der Waals surface area contributed by atoms with Crippen LogP contribution in [0.1, 0.15) is 114 Å². The first-order chi connectivity index (χ1) is 21.8. The Hall–Kier alpha value is -3.71. The quantitative estimate of drug-likeness (QED) is 0.174. The normalized spacial score (nSPS) is 17.2. The first kappa shape index (κ1) is 33.6. The minimum absolute atomic E-state index is 0.138. The van der Waals surface area contributed by atoms with Crippen molar-refractivity contribution in [3.8, 4) is 6.07 Å². The summed E-state index contributed by atoms with van der Waals surface area (Å²) < 4.78 is 7.18. The van der Waals surface area contributed by atoms with Crippen LogP contribution in [0.5, 0.6) is 0 Å². The first-order valence-corrected chi connectivity index (χ1v) is 18.2. The van der Waals surface area contributed by atoms with Gasteiger partial charge < -0.3 is 4.43 Å². The van der Waals surface area contributed by atoms with Gasteiger partial charge in [0.2, 0.25) is 0 Å². The lowest BCUT2D eigenvalue weighted by Gasteiger charge is -2.42. The van der Waals surface area contributed by atoms with Gasteiger partial charge in [0.1, 0.15) is 0 Å². The summed E-state index contributed by atoms with van der Waals surface area (Å²) in [5.74, 6) is -0.239. The molecular formula is C43H50NOSi. The Morgan fingerprint density at radius 1 is 0.783 bits per heavy atom. The van der Waals surface area contributed by atoms with Crippen molar-refractivity contribution in [1.29, 1.82) is 5.26 Å². The number of fused-ring (bicyclic) bond motifs is 1. The van der Waals surface area contributed by atoms with Gasteiger partial charge in [0.25, 0.3) is 9.04 Å². The van der Waals surface area contributed by atoms with Gasteiger partial charge in [-0.3, -0.25) is 0 Å². The Bertz CT molecular complexity index is 1670. The van der Waals surface area contributed by atoms with Gasteiger partial charge in [0.05, 0.1) is 18.1 Å². The van der Waals surface area contributed by atoms with Crippen molar-refractivity contribution in [2.24, 2.45) is 5.41 Å². The Morgan fingerprint density at radius 2 is 1.35 bits per heavy atom. The van der Waals surface area contributed by atoms with Crippen molar-refractivity contribution in [2.45, 2.75) is 97.5 Å². The van der Waals surface area contributed by atoms with Crippen LogP contribution in [-0.4, -0.2) is 9.04 Å². The number of allylic oxidation sites excluding steroid dienone is 2. The molecule has 1 radical (unpaired) electrons. The lowest BCUT2D eigenvalue weighted by Crippen LogP contribution is -2.47. The fourth-order valence-corrected chi connectivity index (χ4v) is 9.11. The lowest BCUT2D eigenvalue weighted by molar-refractivity contribution is 0.0896. The minimum Gasteiger partial charge on any atom is -0.400 e. The Kier molecular flexibility index (Phi) is 9.92. The molecule has 237 valence electrons. The highest BCUT2D eigenvalue weighted by Crippen LogP contribution is 2.46. The summed E-state index contributed by atoms with van der Waals surface area (Å²) in [5.41, 5.74) is 7.83. The largest absolute Gasteiger partial charge is 0.400 e. The maximum Gasteiger partial charge on any atom is 0.283 e. The fraction of sp³-hybridized carbons (Fsp3) is 0.372. The van der Waals surface area contributed by atoms with Gasteiger partial charge in [-0.25, -0.2) is 0 Å². The molecule has 46 heavy (non-hydrogen) atoms. The monoisotopic (exact) mass is 624 g/mol. The van der Waals surface area contributed by atoms with Gasteiger partial charge in [-0.1, -0.05) is 158 Å². The van der Waals surface area contributed by atoms with Crippen molar-refractivity contribution < 1.29 is 4.43 Å². The molecule has 4 aromatic carbocycles. The topological polar surface area (TPSA) is 33.0 Å². The highest BCUT2D eigenvalue weighted by Gasteiger charge is 2.37. The van der Waals surface area contributed by atoms with Gasteiger partial charge in [-0.05, 0) is 86.2 Å². The van der Waals surface area contributed by atoms with Crippen molar-refractivity contribution >= 4 is 25.0 Å². The van der Waals surface area contributed by atoms with Crippen molar-refractivity contribution in [1.82, 2.24) is 0 Å². The zero-order chi connectivity index (χ0) is 33.1. The minimum atomic E-state index is -1.51.